The summed E-state index contributed by atoms with van der Waals surface area (Å²) in [5.41, 5.74) is 1.09. The Morgan fingerprint density at radius 3 is 1.76 bits per heavy atom. The molecular formula is C35H61N3O4. The molecule has 0 aliphatic rings. The first kappa shape index (κ1) is 37.6. The maximum atomic E-state index is 12.5. The first-order chi connectivity index (χ1) is 20.3. The minimum absolute atomic E-state index is 0.0778. The van der Waals surface area contributed by atoms with Crippen LogP contribution in [-0.4, -0.2) is 56.4 Å². The molecule has 0 saturated carbocycles. The lowest BCUT2D eigenvalue weighted by atomic mass is 9.99. The van der Waals surface area contributed by atoms with Gasteiger partial charge in [-0.2, -0.15) is 0 Å². The molecule has 0 spiro atoms. The lowest BCUT2D eigenvalue weighted by Crippen LogP contribution is -2.29. The topological polar surface area (TPSA) is 87.7 Å². The third-order valence-corrected chi connectivity index (χ3v) is 7.72. The number of ketones is 1. The highest BCUT2D eigenvalue weighted by Crippen LogP contribution is 2.25. The van der Waals surface area contributed by atoms with Crippen LogP contribution in [0.2, 0.25) is 0 Å². The number of carbonyl (C=O) groups excluding carboxylic acids is 3. The van der Waals surface area contributed by atoms with Crippen LogP contribution >= 0.6 is 0 Å². The van der Waals surface area contributed by atoms with Crippen LogP contribution in [0.1, 0.15) is 145 Å². The molecule has 0 heterocycles. The summed E-state index contributed by atoms with van der Waals surface area (Å²) < 4.78 is 5.58. The van der Waals surface area contributed by atoms with Gasteiger partial charge in [0.1, 0.15) is 5.75 Å². The molecule has 2 amide bonds. The van der Waals surface area contributed by atoms with Crippen molar-refractivity contribution >= 4 is 17.8 Å². The lowest BCUT2D eigenvalue weighted by Gasteiger charge is -2.14. The van der Waals surface area contributed by atoms with E-state index in [0.717, 1.165) is 25.8 Å². The van der Waals surface area contributed by atoms with Crippen molar-refractivity contribution in [2.75, 3.05) is 33.7 Å². The van der Waals surface area contributed by atoms with E-state index in [2.05, 4.69) is 22.5 Å². The molecule has 0 bridgehead atoms. The van der Waals surface area contributed by atoms with Crippen LogP contribution in [0.5, 0.6) is 5.75 Å². The monoisotopic (exact) mass is 587 g/mol. The summed E-state index contributed by atoms with van der Waals surface area (Å²) in [4.78, 5) is 39.1. The van der Waals surface area contributed by atoms with Gasteiger partial charge in [-0.3, -0.25) is 9.59 Å². The number of Topliss-reactive ketones (excluding diaryl/α,β-unsaturated/α-hetero) is 1. The Bertz CT molecular complexity index is 872. The average molecular weight is 588 g/mol. The van der Waals surface area contributed by atoms with Crippen molar-refractivity contribution in [3.8, 4) is 5.75 Å². The van der Waals surface area contributed by atoms with Gasteiger partial charge in [0.15, 0.2) is 5.78 Å². The standard InChI is InChI=1S/C35H61N3O4/c1-5-6-7-8-9-10-11-12-13-14-15-16-17-18-19-20-27-37-35(41)42-33-24-21-23-31(30(2)39)32(33)25-26-34(40)36-28-22-29-38(3)4/h21,23-24H,5-20,22,25-29H2,1-4H3,(H,36,40)(H,37,41). The molecule has 0 atom stereocenters. The number of hydrogen-bond acceptors (Lipinski definition) is 5. The summed E-state index contributed by atoms with van der Waals surface area (Å²) in [6, 6.07) is 5.11. The zero-order chi connectivity index (χ0) is 30.8. The fourth-order valence-electron chi connectivity index (χ4n) is 5.20. The van der Waals surface area contributed by atoms with Crippen molar-refractivity contribution in [1.82, 2.24) is 15.5 Å². The van der Waals surface area contributed by atoms with Gasteiger partial charge in [0.25, 0.3) is 0 Å². The predicted molar refractivity (Wildman–Crippen MR) is 175 cm³/mol. The number of benzene rings is 1. The van der Waals surface area contributed by atoms with Gasteiger partial charge in [-0.05, 0) is 52.9 Å². The maximum Gasteiger partial charge on any atom is 0.412 e. The summed E-state index contributed by atoms with van der Waals surface area (Å²) in [6.45, 7) is 5.83. The minimum atomic E-state index is -0.522. The highest BCUT2D eigenvalue weighted by molar-refractivity contribution is 5.96. The van der Waals surface area contributed by atoms with Crippen molar-refractivity contribution in [1.29, 1.82) is 0 Å². The zero-order valence-corrected chi connectivity index (χ0v) is 27.4. The van der Waals surface area contributed by atoms with Gasteiger partial charge < -0.3 is 20.3 Å². The number of carbonyl (C=O) groups is 3. The zero-order valence-electron chi connectivity index (χ0n) is 27.4. The molecule has 0 saturated heterocycles. The van der Waals surface area contributed by atoms with E-state index in [1.54, 1.807) is 18.2 Å². The number of nitrogens with zero attached hydrogens (tertiary/aromatic N) is 1. The molecule has 7 nitrogen and oxygen atoms in total. The second-order valence-electron chi connectivity index (χ2n) is 12.0. The van der Waals surface area contributed by atoms with Gasteiger partial charge in [0, 0.05) is 30.6 Å². The van der Waals surface area contributed by atoms with Crippen LogP contribution in [0.25, 0.3) is 0 Å². The Morgan fingerprint density at radius 1 is 0.714 bits per heavy atom. The van der Waals surface area contributed by atoms with E-state index >= 15 is 0 Å². The summed E-state index contributed by atoms with van der Waals surface area (Å²) in [7, 11) is 4.00. The number of hydrogen-bond donors (Lipinski definition) is 2. The fourth-order valence-corrected chi connectivity index (χ4v) is 5.20. The predicted octanol–water partition coefficient (Wildman–Crippen LogP) is 8.24. The first-order valence-corrected chi connectivity index (χ1v) is 16.8. The molecule has 0 aliphatic heterocycles. The first-order valence-electron chi connectivity index (χ1n) is 16.8. The molecule has 0 radical (unpaired) electrons. The lowest BCUT2D eigenvalue weighted by molar-refractivity contribution is -0.121. The maximum absolute atomic E-state index is 12.5. The summed E-state index contributed by atoms with van der Waals surface area (Å²) in [5, 5.41) is 5.76. The van der Waals surface area contributed by atoms with Crippen molar-refractivity contribution in [3.05, 3.63) is 29.3 Å². The highest BCUT2D eigenvalue weighted by Gasteiger charge is 2.17. The Morgan fingerprint density at radius 2 is 1.24 bits per heavy atom. The quantitative estimate of drug-likeness (QED) is 0.0842. The Balaban J connectivity index is 2.21. The van der Waals surface area contributed by atoms with E-state index in [1.165, 1.54) is 96.8 Å². The average Bonchev–Trinajstić information content (AvgIpc) is 2.96. The number of amides is 2. The third kappa shape index (κ3) is 19.7. The molecule has 0 aliphatic carbocycles. The summed E-state index contributed by atoms with van der Waals surface area (Å²) in [6.07, 6.45) is 21.9. The van der Waals surface area contributed by atoms with Gasteiger partial charge in [-0.25, -0.2) is 4.79 Å². The number of nitrogens with one attached hydrogen (secondary N) is 2. The molecule has 2 N–H and O–H groups in total. The molecule has 0 aromatic heterocycles. The van der Waals surface area contributed by atoms with Gasteiger partial charge in [0.2, 0.25) is 5.91 Å². The molecule has 0 fully saturated rings. The van der Waals surface area contributed by atoms with Crippen molar-refractivity contribution in [3.63, 3.8) is 0 Å². The smallest absolute Gasteiger partial charge is 0.410 e. The minimum Gasteiger partial charge on any atom is -0.410 e. The van der Waals surface area contributed by atoms with E-state index in [-0.39, 0.29) is 18.1 Å². The SMILES string of the molecule is CCCCCCCCCCCCCCCCCCNC(=O)Oc1cccc(C(C)=O)c1CCC(=O)NCCCN(C)C. The van der Waals surface area contributed by atoms with Gasteiger partial charge in [0.05, 0.1) is 0 Å². The molecule has 1 aromatic carbocycles. The van der Waals surface area contributed by atoms with Crippen LogP contribution < -0.4 is 15.4 Å². The van der Waals surface area contributed by atoms with Crippen molar-refractivity contribution in [2.24, 2.45) is 0 Å². The number of unbranched alkanes of at least 4 members (excludes halogenated alkanes) is 15. The Kier molecular flexibility index (Phi) is 22.5. The number of rotatable bonds is 26. The molecule has 42 heavy (non-hydrogen) atoms. The van der Waals surface area contributed by atoms with Crippen LogP contribution in [0.4, 0.5) is 4.79 Å². The fraction of sp³-hybridized carbons (Fsp3) is 0.743. The van der Waals surface area contributed by atoms with Crippen LogP contribution in [0, 0.1) is 0 Å². The molecule has 240 valence electrons. The third-order valence-electron chi connectivity index (χ3n) is 7.72. The van der Waals surface area contributed by atoms with Crippen LogP contribution in [0.3, 0.4) is 0 Å². The van der Waals surface area contributed by atoms with Crippen LogP contribution in [0.15, 0.2) is 18.2 Å². The van der Waals surface area contributed by atoms with E-state index in [1.807, 2.05) is 14.1 Å². The number of ether oxygens (including phenoxy) is 1. The van der Waals surface area contributed by atoms with Crippen molar-refractivity contribution < 1.29 is 19.1 Å². The Labute approximate surface area is 256 Å². The highest BCUT2D eigenvalue weighted by atomic mass is 16.6. The van der Waals surface area contributed by atoms with E-state index in [0.29, 0.717) is 36.4 Å². The van der Waals surface area contributed by atoms with Crippen LogP contribution in [-0.2, 0) is 11.2 Å². The second-order valence-corrected chi connectivity index (χ2v) is 12.0. The Hall–Kier alpha value is -2.41. The van der Waals surface area contributed by atoms with Gasteiger partial charge in [-0.15, -0.1) is 0 Å². The molecule has 1 aromatic rings. The second kappa shape index (κ2) is 25.1. The van der Waals surface area contributed by atoms with E-state index in [9.17, 15) is 14.4 Å². The summed E-state index contributed by atoms with van der Waals surface area (Å²) in [5.74, 6) is 0.147. The molecular weight excluding hydrogens is 526 g/mol. The molecule has 1 rings (SSSR count). The van der Waals surface area contributed by atoms with Gasteiger partial charge in [-0.1, -0.05) is 115 Å². The summed E-state index contributed by atoms with van der Waals surface area (Å²) >= 11 is 0. The van der Waals surface area contributed by atoms with Crippen molar-refractivity contribution in [2.45, 2.75) is 136 Å². The van der Waals surface area contributed by atoms with Gasteiger partial charge >= 0.3 is 6.09 Å². The molecule has 0 unspecified atom stereocenters. The largest absolute Gasteiger partial charge is 0.412 e. The normalized spacial score (nSPS) is 11.1. The molecule has 7 heteroatoms. The van der Waals surface area contributed by atoms with E-state index in [4.69, 9.17) is 4.74 Å². The van der Waals surface area contributed by atoms with E-state index < -0.39 is 6.09 Å².